The average molecular weight is 475 g/mol. The predicted octanol–water partition coefficient (Wildman–Crippen LogP) is 4.85. The highest BCUT2D eigenvalue weighted by molar-refractivity contribution is 7.17. The Bertz CT molecular complexity index is 1340. The lowest BCUT2D eigenvalue weighted by atomic mass is 9.95. The van der Waals surface area contributed by atoms with Crippen LogP contribution in [0.3, 0.4) is 0 Å². The van der Waals surface area contributed by atoms with E-state index in [4.69, 9.17) is 4.74 Å². The number of ether oxygens (including phenoxy) is 1. The second kappa shape index (κ2) is 9.44. The van der Waals surface area contributed by atoms with Crippen LogP contribution >= 0.6 is 11.3 Å². The molecule has 0 radical (unpaired) electrons. The summed E-state index contributed by atoms with van der Waals surface area (Å²) in [6.07, 6.45) is 2.96. The third kappa shape index (κ3) is 4.27. The molecule has 1 N–H and O–H groups in total. The standard InChI is InChI=1S/C26H22N2O5S/c1-15-24(16(2)29)34-26(27-15)28-22(18-10-7-11-19(14-18)33-3)21(23(31)25(28)32)20(30)13-12-17-8-5-4-6-9-17/h4-14,22,31H,1-3H3/b13-12+/t22-/m1/s1. The molecule has 1 aliphatic heterocycles. The number of aliphatic hydroxyl groups excluding tert-OH is 1. The fraction of sp³-hybridized carbons (Fsp3) is 0.154. The molecule has 1 amide bonds. The number of nitrogens with zero attached hydrogens (tertiary/aromatic N) is 2. The number of methoxy groups -OCH3 is 1. The van der Waals surface area contributed by atoms with E-state index in [-0.39, 0.29) is 16.5 Å². The minimum Gasteiger partial charge on any atom is -0.503 e. The Hall–Kier alpha value is -4.04. The molecule has 0 saturated carbocycles. The maximum absolute atomic E-state index is 13.3. The number of aromatic nitrogens is 1. The summed E-state index contributed by atoms with van der Waals surface area (Å²) in [7, 11) is 1.52. The SMILES string of the molecule is COc1cccc([C@@H]2C(C(=O)/C=C/c3ccccc3)=C(O)C(=O)N2c2nc(C)c(C(C)=O)s2)c1. The number of hydrogen-bond donors (Lipinski definition) is 1. The van der Waals surface area contributed by atoms with E-state index in [0.717, 1.165) is 16.9 Å². The summed E-state index contributed by atoms with van der Waals surface area (Å²) in [5.41, 5.74) is 1.78. The first kappa shape index (κ1) is 23.1. The normalized spacial score (nSPS) is 15.9. The molecular weight excluding hydrogens is 452 g/mol. The van der Waals surface area contributed by atoms with Crippen LogP contribution in [0, 0.1) is 6.92 Å². The highest BCUT2D eigenvalue weighted by Crippen LogP contribution is 2.43. The van der Waals surface area contributed by atoms with Gasteiger partial charge < -0.3 is 9.84 Å². The molecule has 0 aliphatic carbocycles. The van der Waals surface area contributed by atoms with Gasteiger partial charge in [-0.15, -0.1) is 0 Å². The lowest BCUT2D eigenvalue weighted by molar-refractivity contribution is -0.117. The first-order valence-electron chi connectivity index (χ1n) is 10.5. The second-order valence-corrected chi connectivity index (χ2v) is 8.67. The zero-order valence-electron chi connectivity index (χ0n) is 18.8. The van der Waals surface area contributed by atoms with E-state index in [1.807, 2.05) is 30.3 Å². The van der Waals surface area contributed by atoms with Crippen LogP contribution in [-0.4, -0.2) is 34.7 Å². The van der Waals surface area contributed by atoms with Crippen molar-refractivity contribution < 1.29 is 24.2 Å². The number of anilines is 1. The van der Waals surface area contributed by atoms with Crippen molar-refractivity contribution in [2.75, 3.05) is 12.0 Å². The topological polar surface area (TPSA) is 96.8 Å². The monoisotopic (exact) mass is 474 g/mol. The zero-order valence-corrected chi connectivity index (χ0v) is 19.6. The summed E-state index contributed by atoms with van der Waals surface area (Å²) >= 11 is 1.05. The predicted molar refractivity (Wildman–Crippen MR) is 130 cm³/mol. The second-order valence-electron chi connectivity index (χ2n) is 7.69. The van der Waals surface area contributed by atoms with Crippen LogP contribution in [0.5, 0.6) is 5.75 Å². The van der Waals surface area contributed by atoms with Crippen LogP contribution in [0.1, 0.15) is 39.5 Å². The van der Waals surface area contributed by atoms with E-state index in [2.05, 4.69) is 4.98 Å². The van der Waals surface area contributed by atoms with Gasteiger partial charge in [-0.05, 0) is 36.3 Å². The molecule has 0 spiro atoms. The molecule has 0 unspecified atom stereocenters. The van der Waals surface area contributed by atoms with E-state index in [9.17, 15) is 19.5 Å². The van der Waals surface area contributed by atoms with Gasteiger partial charge in [0.2, 0.25) is 0 Å². The molecule has 2 aromatic carbocycles. The van der Waals surface area contributed by atoms with Gasteiger partial charge in [-0.3, -0.25) is 19.3 Å². The number of carbonyl (C=O) groups is 3. The van der Waals surface area contributed by atoms with Crippen molar-refractivity contribution in [2.24, 2.45) is 0 Å². The van der Waals surface area contributed by atoms with Crippen molar-refractivity contribution in [3.63, 3.8) is 0 Å². The summed E-state index contributed by atoms with van der Waals surface area (Å²) < 4.78 is 5.33. The Kier molecular flexibility index (Phi) is 6.43. The van der Waals surface area contributed by atoms with Crippen molar-refractivity contribution in [3.05, 3.63) is 93.7 Å². The lowest BCUT2D eigenvalue weighted by Crippen LogP contribution is -2.30. The van der Waals surface area contributed by atoms with Crippen molar-refractivity contribution in [2.45, 2.75) is 19.9 Å². The van der Waals surface area contributed by atoms with Crippen LogP contribution in [0.15, 0.2) is 72.0 Å². The fourth-order valence-corrected chi connectivity index (χ4v) is 4.81. The van der Waals surface area contributed by atoms with Crippen molar-refractivity contribution in [1.82, 2.24) is 4.98 Å². The Morgan fingerprint density at radius 3 is 2.53 bits per heavy atom. The largest absolute Gasteiger partial charge is 0.503 e. The average Bonchev–Trinajstić information content (AvgIpc) is 3.35. The van der Waals surface area contributed by atoms with Gasteiger partial charge in [0.05, 0.1) is 29.3 Å². The molecule has 34 heavy (non-hydrogen) atoms. The molecular formula is C26H22N2O5S. The third-order valence-corrected chi connectivity index (χ3v) is 6.68. The summed E-state index contributed by atoms with van der Waals surface area (Å²) in [6.45, 7) is 3.11. The van der Waals surface area contributed by atoms with Crippen LogP contribution in [0.4, 0.5) is 5.13 Å². The van der Waals surface area contributed by atoms with Gasteiger partial charge in [0.25, 0.3) is 5.91 Å². The van der Waals surface area contributed by atoms with Crippen LogP contribution in [0.2, 0.25) is 0 Å². The molecule has 3 aromatic rings. The Morgan fingerprint density at radius 2 is 1.88 bits per heavy atom. The minimum absolute atomic E-state index is 0.0670. The number of rotatable bonds is 7. The number of carbonyl (C=O) groups excluding carboxylic acids is 3. The number of amides is 1. The highest BCUT2D eigenvalue weighted by atomic mass is 32.1. The summed E-state index contributed by atoms with van der Waals surface area (Å²) in [6, 6.07) is 15.2. The molecule has 0 bridgehead atoms. The van der Waals surface area contributed by atoms with Gasteiger partial charge in [-0.2, -0.15) is 0 Å². The maximum Gasteiger partial charge on any atom is 0.296 e. The number of benzene rings is 2. The van der Waals surface area contributed by atoms with Gasteiger partial charge in [0.1, 0.15) is 5.75 Å². The maximum atomic E-state index is 13.3. The Balaban J connectivity index is 1.82. The van der Waals surface area contributed by atoms with Crippen molar-refractivity contribution >= 4 is 40.0 Å². The number of aryl methyl sites for hydroxylation is 1. The molecule has 1 aromatic heterocycles. The fourth-order valence-electron chi connectivity index (χ4n) is 3.82. The summed E-state index contributed by atoms with van der Waals surface area (Å²) in [5, 5.41) is 11.0. The molecule has 8 heteroatoms. The van der Waals surface area contributed by atoms with Gasteiger partial charge in [0, 0.05) is 6.92 Å². The minimum atomic E-state index is -0.944. The molecule has 1 aliphatic rings. The van der Waals surface area contributed by atoms with Gasteiger partial charge >= 0.3 is 0 Å². The number of allylic oxidation sites excluding steroid dienone is 1. The van der Waals surface area contributed by atoms with Gasteiger partial charge in [0.15, 0.2) is 22.5 Å². The van der Waals surface area contributed by atoms with E-state index in [1.54, 1.807) is 37.3 Å². The molecule has 1 atom stereocenters. The number of Topliss-reactive ketones (excluding diaryl/α,β-unsaturated/α-hetero) is 1. The van der Waals surface area contributed by atoms with Crippen molar-refractivity contribution in [3.8, 4) is 5.75 Å². The Morgan fingerprint density at radius 1 is 1.15 bits per heavy atom. The number of hydrogen-bond acceptors (Lipinski definition) is 7. The summed E-state index contributed by atoms with van der Waals surface area (Å²) in [5.74, 6) is -1.56. The molecule has 4 rings (SSSR count). The molecule has 172 valence electrons. The van der Waals surface area contributed by atoms with Crippen molar-refractivity contribution in [1.29, 1.82) is 0 Å². The highest BCUT2D eigenvalue weighted by Gasteiger charge is 2.45. The third-order valence-electron chi connectivity index (χ3n) is 5.42. The smallest absolute Gasteiger partial charge is 0.296 e. The van der Waals surface area contributed by atoms with Gasteiger partial charge in [-0.1, -0.05) is 59.9 Å². The van der Waals surface area contributed by atoms with E-state index in [1.165, 1.54) is 25.0 Å². The van der Waals surface area contributed by atoms with E-state index in [0.29, 0.717) is 21.9 Å². The first-order chi connectivity index (χ1) is 16.3. The molecule has 2 heterocycles. The van der Waals surface area contributed by atoms with Crippen LogP contribution in [-0.2, 0) is 9.59 Å². The molecule has 0 saturated heterocycles. The zero-order chi connectivity index (χ0) is 24.4. The lowest BCUT2D eigenvalue weighted by Gasteiger charge is -2.24. The quantitative estimate of drug-likeness (QED) is 0.389. The summed E-state index contributed by atoms with van der Waals surface area (Å²) in [4.78, 5) is 44.6. The Labute approximate surface area is 200 Å². The van der Waals surface area contributed by atoms with Crippen LogP contribution < -0.4 is 9.64 Å². The molecule has 0 fully saturated rings. The number of aliphatic hydroxyl groups is 1. The van der Waals surface area contributed by atoms with Crippen LogP contribution in [0.25, 0.3) is 6.08 Å². The first-order valence-corrected chi connectivity index (χ1v) is 11.3. The number of ketones is 2. The van der Waals surface area contributed by atoms with Gasteiger partial charge in [-0.25, -0.2) is 4.98 Å². The number of thiazole rings is 1. The van der Waals surface area contributed by atoms with E-state index < -0.39 is 23.5 Å². The molecule has 7 nitrogen and oxygen atoms in total. The van der Waals surface area contributed by atoms with E-state index >= 15 is 0 Å².